The summed E-state index contributed by atoms with van der Waals surface area (Å²) in [6, 6.07) is 3.10. The number of alkyl halides is 2. The molecule has 24 heavy (non-hydrogen) atoms. The molecular formula is C15H18ClF2NO4S. The predicted molar refractivity (Wildman–Crippen MR) is 85.4 cm³/mol. The van der Waals surface area contributed by atoms with E-state index in [-0.39, 0.29) is 41.0 Å². The van der Waals surface area contributed by atoms with E-state index in [4.69, 9.17) is 16.3 Å². The number of morpholine rings is 1. The summed E-state index contributed by atoms with van der Waals surface area (Å²) in [5, 5.41) is 0.0809. The first kappa shape index (κ1) is 19.1. The van der Waals surface area contributed by atoms with Crippen LogP contribution in [0.25, 0.3) is 0 Å². The van der Waals surface area contributed by atoms with Crippen molar-refractivity contribution in [3.63, 3.8) is 0 Å². The molecule has 1 aliphatic rings. The van der Waals surface area contributed by atoms with Gasteiger partial charge >= 0.3 is 0 Å². The van der Waals surface area contributed by atoms with Gasteiger partial charge in [-0.2, -0.15) is 0 Å². The zero-order chi connectivity index (χ0) is 17.9. The van der Waals surface area contributed by atoms with Crippen molar-refractivity contribution in [2.24, 2.45) is 0 Å². The van der Waals surface area contributed by atoms with E-state index in [1.807, 2.05) is 0 Å². The van der Waals surface area contributed by atoms with Gasteiger partial charge in [-0.05, 0) is 18.2 Å². The van der Waals surface area contributed by atoms with Crippen LogP contribution >= 0.6 is 11.6 Å². The summed E-state index contributed by atoms with van der Waals surface area (Å²) in [7, 11) is -3.51. The number of hydrogen-bond acceptors (Lipinski definition) is 4. The number of carbonyl (C=O) groups excluding carboxylic acids is 1. The SMILES string of the molecule is CCS(=O)(=O)c1ccc(Cl)c(C(=O)N2CCOCC2CC(F)F)c1. The van der Waals surface area contributed by atoms with Crippen molar-refractivity contribution in [3.05, 3.63) is 28.8 Å². The molecule has 0 spiro atoms. The van der Waals surface area contributed by atoms with E-state index in [2.05, 4.69) is 0 Å². The Labute approximate surface area is 144 Å². The Balaban J connectivity index is 2.35. The first-order valence-corrected chi connectivity index (χ1v) is 9.48. The third-order valence-corrected chi connectivity index (χ3v) is 5.91. The van der Waals surface area contributed by atoms with Crippen LogP contribution in [0.1, 0.15) is 23.7 Å². The molecule has 1 unspecified atom stereocenters. The molecule has 0 saturated carbocycles. The molecule has 134 valence electrons. The zero-order valence-corrected chi connectivity index (χ0v) is 14.6. The van der Waals surface area contributed by atoms with Crippen LogP contribution < -0.4 is 0 Å². The third kappa shape index (κ3) is 4.23. The highest BCUT2D eigenvalue weighted by atomic mass is 35.5. The zero-order valence-electron chi connectivity index (χ0n) is 13.0. The van der Waals surface area contributed by atoms with Gasteiger partial charge < -0.3 is 9.64 Å². The molecule has 1 aromatic carbocycles. The first-order valence-electron chi connectivity index (χ1n) is 7.45. The third-order valence-electron chi connectivity index (χ3n) is 3.85. The summed E-state index contributed by atoms with van der Waals surface area (Å²) in [5.41, 5.74) is -0.00708. The molecule has 1 atom stereocenters. The van der Waals surface area contributed by atoms with Gasteiger partial charge in [-0.25, -0.2) is 17.2 Å². The van der Waals surface area contributed by atoms with E-state index in [1.165, 1.54) is 30.0 Å². The second-order valence-electron chi connectivity index (χ2n) is 5.40. The van der Waals surface area contributed by atoms with Crippen molar-refractivity contribution in [3.8, 4) is 0 Å². The standard InChI is InChI=1S/C15H18ClF2NO4S/c1-2-24(21,22)11-3-4-13(16)12(8-11)15(20)19-5-6-23-9-10(19)7-14(17)18/h3-4,8,10,14H,2,5-7,9H2,1H3. The fourth-order valence-electron chi connectivity index (χ4n) is 2.51. The lowest BCUT2D eigenvalue weighted by Gasteiger charge is -2.35. The summed E-state index contributed by atoms with van der Waals surface area (Å²) in [5.74, 6) is -0.685. The number of rotatable bonds is 5. The minimum absolute atomic E-state index is 0.00708. The second kappa shape index (κ2) is 7.76. The number of ether oxygens (including phenoxy) is 1. The summed E-state index contributed by atoms with van der Waals surface area (Å²) in [4.78, 5) is 14.0. The van der Waals surface area contributed by atoms with Gasteiger partial charge in [-0.15, -0.1) is 0 Å². The number of nitrogens with zero attached hydrogens (tertiary/aromatic N) is 1. The summed E-state index contributed by atoms with van der Waals surface area (Å²) in [6.07, 6.45) is -3.08. The fraction of sp³-hybridized carbons (Fsp3) is 0.533. The minimum atomic E-state index is -3.51. The lowest BCUT2D eigenvalue weighted by atomic mass is 10.1. The van der Waals surface area contributed by atoms with Crippen molar-refractivity contribution >= 4 is 27.3 Å². The lowest BCUT2D eigenvalue weighted by Crippen LogP contribution is -2.49. The van der Waals surface area contributed by atoms with Crippen LogP contribution in [0.15, 0.2) is 23.1 Å². The quantitative estimate of drug-likeness (QED) is 0.786. The molecule has 9 heteroatoms. The van der Waals surface area contributed by atoms with Gasteiger partial charge in [0.15, 0.2) is 9.84 Å². The van der Waals surface area contributed by atoms with Gasteiger partial charge in [0.2, 0.25) is 6.43 Å². The molecule has 0 aliphatic carbocycles. The van der Waals surface area contributed by atoms with Crippen LogP contribution in [0, 0.1) is 0 Å². The smallest absolute Gasteiger partial charge is 0.255 e. The van der Waals surface area contributed by atoms with Gasteiger partial charge in [-0.1, -0.05) is 18.5 Å². The number of hydrogen-bond donors (Lipinski definition) is 0. The number of sulfone groups is 1. The van der Waals surface area contributed by atoms with Crippen LogP contribution in [-0.2, 0) is 14.6 Å². The molecule has 1 fully saturated rings. The van der Waals surface area contributed by atoms with Crippen LogP contribution in [-0.4, -0.2) is 57.2 Å². The molecule has 1 heterocycles. The summed E-state index contributed by atoms with van der Waals surface area (Å²) >= 11 is 6.04. The second-order valence-corrected chi connectivity index (χ2v) is 8.08. The van der Waals surface area contributed by atoms with Crippen LogP contribution in [0.3, 0.4) is 0 Å². The minimum Gasteiger partial charge on any atom is -0.377 e. The average molecular weight is 382 g/mol. The Morgan fingerprint density at radius 3 is 2.79 bits per heavy atom. The Morgan fingerprint density at radius 1 is 1.46 bits per heavy atom. The molecule has 1 amide bonds. The van der Waals surface area contributed by atoms with Gasteiger partial charge in [0, 0.05) is 13.0 Å². The van der Waals surface area contributed by atoms with Crippen molar-refractivity contribution in [1.29, 1.82) is 0 Å². The highest BCUT2D eigenvalue weighted by molar-refractivity contribution is 7.91. The van der Waals surface area contributed by atoms with Crippen LogP contribution in [0.2, 0.25) is 5.02 Å². The number of halogens is 3. The van der Waals surface area contributed by atoms with E-state index in [0.717, 1.165) is 0 Å². The normalized spacial score (nSPS) is 18.9. The molecule has 5 nitrogen and oxygen atoms in total. The Morgan fingerprint density at radius 2 is 2.17 bits per heavy atom. The molecule has 2 rings (SSSR count). The number of amides is 1. The van der Waals surface area contributed by atoms with Crippen molar-refractivity contribution in [2.45, 2.75) is 30.7 Å². The van der Waals surface area contributed by atoms with E-state index >= 15 is 0 Å². The number of carbonyl (C=O) groups is 1. The summed E-state index contributed by atoms with van der Waals surface area (Å²) < 4.78 is 54.6. The van der Waals surface area contributed by atoms with Crippen LogP contribution in [0.4, 0.5) is 8.78 Å². The lowest BCUT2D eigenvalue weighted by molar-refractivity contribution is -0.0216. The average Bonchev–Trinajstić information content (AvgIpc) is 2.54. The van der Waals surface area contributed by atoms with Gasteiger partial charge in [-0.3, -0.25) is 4.79 Å². The molecule has 0 aromatic heterocycles. The van der Waals surface area contributed by atoms with Crippen molar-refractivity contribution in [2.75, 3.05) is 25.5 Å². The van der Waals surface area contributed by atoms with Crippen LogP contribution in [0.5, 0.6) is 0 Å². The van der Waals surface area contributed by atoms with Crippen molar-refractivity contribution in [1.82, 2.24) is 4.90 Å². The van der Waals surface area contributed by atoms with Crippen molar-refractivity contribution < 1.29 is 26.7 Å². The Bertz CT molecular complexity index is 711. The largest absolute Gasteiger partial charge is 0.377 e. The molecular weight excluding hydrogens is 364 g/mol. The fourth-order valence-corrected chi connectivity index (χ4v) is 3.61. The maximum Gasteiger partial charge on any atom is 0.255 e. The predicted octanol–water partition coefficient (Wildman–Crippen LogP) is 2.63. The number of benzene rings is 1. The van der Waals surface area contributed by atoms with Gasteiger partial charge in [0.1, 0.15) is 0 Å². The molecule has 0 radical (unpaired) electrons. The maximum absolute atomic E-state index is 12.7. The molecule has 1 aliphatic heterocycles. The van der Waals surface area contributed by atoms with Gasteiger partial charge in [0.05, 0.1) is 40.5 Å². The topological polar surface area (TPSA) is 63.7 Å². The molecule has 1 aromatic rings. The maximum atomic E-state index is 12.7. The Hall–Kier alpha value is -1.25. The van der Waals surface area contributed by atoms with E-state index in [9.17, 15) is 22.0 Å². The Kier molecular flexibility index (Phi) is 6.17. The highest BCUT2D eigenvalue weighted by Crippen LogP contribution is 2.25. The molecule has 0 bridgehead atoms. The van der Waals surface area contributed by atoms with Gasteiger partial charge in [0.25, 0.3) is 5.91 Å². The monoisotopic (exact) mass is 381 g/mol. The van der Waals surface area contributed by atoms with E-state index < -0.39 is 34.6 Å². The first-order chi connectivity index (χ1) is 11.3. The van der Waals surface area contributed by atoms with E-state index in [0.29, 0.717) is 0 Å². The summed E-state index contributed by atoms with van der Waals surface area (Å²) in [6.45, 7) is 1.89. The highest BCUT2D eigenvalue weighted by Gasteiger charge is 2.31. The molecule has 1 saturated heterocycles. The molecule has 0 N–H and O–H groups in total. The van der Waals surface area contributed by atoms with E-state index in [1.54, 1.807) is 0 Å².